The van der Waals surface area contributed by atoms with Gasteiger partial charge in [0.05, 0.1) is 48.8 Å². The van der Waals surface area contributed by atoms with E-state index in [1.807, 2.05) is 77.8 Å². The number of nitrogens with one attached hydrogen (secondary N) is 2. The third-order valence-corrected chi connectivity index (χ3v) is 16.8. The number of amides is 3. The molecule has 5 aromatic rings. The van der Waals surface area contributed by atoms with Gasteiger partial charge in [0.1, 0.15) is 19.0 Å². The van der Waals surface area contributed by atoms with E-state index in [-0.39, 0.29) is 53.5 Å². The summed E-state index contributed by atoms with van der Waals surface area (Å²) in [5.41, 5.74) is 8.19. The summed E-state index contributed by atoms with van der Waals surface area (Å²) in [6, 6.07) is 28.4. The third kappa shape index (κ3) is 10.4. The first kappa shape index (κ1) is 47.6. The fourth-order valence-corrected chi connectivity index (χ4v) is 11.9. The largest absolute Gasteiger partial charge is 0.493 e. The van der Waals surface area contributed by atoms with Gasteiger partial charge in [0, 0.05) is 71.2 Å². The standard InChI is InChI=1S/C54H57N5O8S2/c1-32(60)15-16-33(2)68-69-54(3,4)18-17-51(61)57-38-20-34(30-66-49-26-43-41(24-47(49)64-5)52(62)58-39(28-55-43)22-36-11-7-9-13-45(36)58)19-35(21-38)31-67-50-27-44-42(25-48(50)65-6)53(63)59-40(29-56-44)23-37-12-8-10-14-46(37)59/h7-14,19-21,24-28,33,39-40,56H,15-18,22-23,29-31H2,1-6H3,(H,57,61)/t33?,39-,40-/m0/s1. The van der Waals surface area contributed by atoms with Crippen LogP contribution >= 0.6 is 21.6 Å². The minimum absolute atomic E-state index is 0.0239. The van der Waals surface area contributed by atoms with Crippen LogP contribution in [0.2, 0.25) is 0 Å². The van der Waals surface area contributed by atoms with Crippen molar-refractivity contribution in [2.75, 3.05) is 41.2 Å². The molecule has 0 bridgehead atoms. The lowest BCUT2D eigenvalue weighted by molar-refractivity contribution is -0.117. The Morgan fingerprint density at radius 3 is 2.10 bits per heavy atom. The van der Waals surface area contributed by atoms with Gasteiger partial charge in [-0.3, -0.25) is 24.3 Å². The van der Waals surface area contributed by atoms with Crippen LogP contribution < -0.4 is 39.4 Å². The molecule has 0 radical (unpaired) electrons. The SMILES string of the molecule is COc1cc2c(cc1OCc1cc(COc3cc4c(cc3OC)C(=O)N3c5ccccc5C[C@H]3CN4)cc(NC(=O)CCC(C)(C)SSC(C)CCC(C)=O)c1)N=C[C@@H]1Cc3ccccc3N1C2=O. The molecule has 4 aliphatic rings. The summed E-state index contributed by atoms with van der Waals surface area (Å²) in [6.07, 6.45) is 5.60. The number of fused-ring (bicyclic) bond motifs is 8. The van der Waals surface area contributed by atoms with Crippen molar-refractivity contribution in [2.45, 2.75) is 102 Å². The first-order chi connectivity index (χ1) is 33.3. The lowest BCUT2D eigenvalue weighted by Gasteiger charge is -2.24. The normalized spacial score (nSPS) is 17.0. The Morgan fingerprint density at radius 1 is 0.797 bits per heavy atom. The van der Waals surface area contributed by atoms with Crippen LogP contribution in [0.4, 0.5) is 28.4 Å². The minimum atomic E-state index is -0.201. The Morgan fingerprint density at radius 2 is 1.42 bits per heavy atom. The van der Waals surface area contributed by atoms with E-state index >= 15 is 0 Å². The van der Waals surface area contributed by atoms with Gasteiger partial charge < -0.3 is 39.3 Å². The predicted octanol–water partition coefficient (Wildman–Crippen LogP) is 10.8. The van der Waals surface area contributed by atoms with Gasteiger partial charge >= 0.3 is 0 Å². The molecule has 2 N–H and O–H groups in total. The average Bonchev–Trinajstić information content (AvgIpc) is 3.84. The predicted molar refractivity (Wildman–Crippen MR) is 276 cm³/mol. The minimum Gasteiger partial charge on any atom is -0.493 e. The van der Waals surface area contributed by atoms with E-state index in [0.717, 1.165) is 46.5 Å². The molecule has 13 nitrogen and oxygen atoms in total. The number of nitrogens with zero attached hydrogens (tertiary/aromatic N) is 3. The molecule has 0 aromatic heterocycles. The Labute approximate surface area is 411 Å². The van der Waals surface area contributed by atoms with Crippen LogP contribution in [0.15, 0.2) is 96.0 Å². The van der Waals surface area contributed by atoms with E-state index in [9.17, 15) is 19.2 Å². The van der Waals surface area contributed by atoms with Crippen molar-refractivity contribution >= 4 is 79.7 Å². The number of methoxy groups -OCH3 is 2. The highest BCUT2D eigenvalue weighted by Crippen LogP contribution is 2.44. The summed E-state index contributed by atoms with van der Waals surface area (Å²) >= 11 is 0. The van der Waals surface area contributed by atoms with Gasteiger partial charge in [-0.25, -0.2) is 0 Å². The van der Waals surface area contributed by atoms with Crippen molar-refractivity contribution < 1.29 is 38.1 Å². The van der Waals surface area contributed by atoms with E-state index in [0.29, 0.717) is 88.7 Å². The molecule has 15 heteroatoms. The number of hydrogen-bond acceptors (Lipinski definition) is 12. The molecule has 69 heavy (non-hydrogen) atoms. The zero-order valence-corrected chi connectivity index (χ0v) is 41.4. The summed E-state index contributed by atoms with van der Waals surface area (Å²) in [7, 11) is 6.59. The number of rotatable bonds is 18. The summed E-state index contributed by atoms with van der Waals surface area (Å²) < 4.78 is 24.4. The fourth-order valence-electron chi connectivity index (χ4n) is 9.27. The Hall–Kier alpha value is -6.45. The quantitative estimate of drug-likeness (QED) is 0.0809. The van der Waals surface area contributed by atoms with Crippen molar-refractivity contribution in [1.29, 1.82) is 0 Å². The van der Waals surface area contributed by atoms with E-state index < -0.39 is 0 Å². The first-order valence-corrected chi connectivity index (χ1v) is 25.6. The number of ether oxygens (including phenoxy) is 4. The zero-order valence-electron chi connectivity index (χ0n) is 39.8. The topological polar surface area (TPSA) is 148 Å². The highest BCUT2D eigenvalue weighted by Gasteiger charge is 2.39. The Kier molecular flexibility index (Phi) is 14.0. The highest BCUT2D eigenvalue weighted by molar-refractivity contribution is 8.77. The Balaban J connectivity index is 0.943. The zero-order chi connectivity index (χ0) is 48.4. The van der Waals surface area contributed by atoms with Crippen molar-refractivity contribution in [1.82, 2.24) is 0 Å². The van der Waals surface area contributed by atoms with Crippen molar-refractivity contribution in [3.05, 3.63) is 124 Å². The van der Waals surface area contributed by atoms with Crippen LogP contribution in [-0.2, 0) is 35.6 Å². The fraction of sp³-hybridized carbons (Fsp3) is 0.352. The molecule has 0 saturated carbocycles. The molecule has 3 atom stereocenters. The van der Waals surface area contributed by atoms with Gasteiger partial charge in [-0.05, 0) is 105 Å². The molecule has 5 aromatic carbocycles. The number of carbonyl (C=O) groups excluding carboxylic acids is 4. The maximum Gasteiger partial charge on any atom is 0.261 e. The second-order valence-corrected chi connectivity index (χ2v) is 22.0. The monoisotopic (exact) mass is 967 g/mol. The van der Waals surface area contributed by atoms with Crippen LogP contribution in [-0.4, -0.2) is 72.6 Å². The number of hydrogen-bond donors (Lipinski definition) is 2. The molecule has 1 unspecified atom stereocenters. The molecular formula is C54H57N5O8S2. The summed E-state index contributed by atoms with van der Waals surface area (Å²) in [5.74, 6) is 1.46. The molecule has 9 rings (SSSR count). The van der Waals surface area contributed by atoms with E-state index in [1.165, 1.54) is 7.11 Å². The number of Topliss-reactive ketones (excluding diaryl/α,β-unsaturated/α-hetero) is 1. The van der Waals surface area contributed by atoms with Crippen molar-refractivity contribution in [3.8, 4) is 23.0 Å². The smallest absolute Gasteiger partial charge is 0.261 e. The number of benzene rings is 5. The van der Waals surface area contributed by atoms with Crippen LogP contribution in [0.5, 0.6) is 23.0 Å². The van der Waals surface area contributed by atoms with Gasteiger partial charge in [-0.15, -0.1) is 0 Å². The van der Waals surface area contributed by atoms with Gasteiger partial charge in [-0.2, -0.15) is 0 Å². The van der Waals surface area contributed by atoms with Gasteiger partial charge in [0.25, 0.3) is 11.8 Å². The van der Waals surface area contributed by atoms with Gasteiger partial charge in [-0.1, -0.05) is 64.9 Å². The maximum absolute atomic E-state index is 14.1. The molecule has 0 saturated heterocycles. The Bertz CT molecular complexity index is 2850. The number of anilines is 4. The molecule has 4 heterocycles. The van der Waals surface area contributed by atoms with Gasteiger partial charge in [0.2, 0.25) is 5.91 Å². The molecule has 358 valence electrons. The first-order valence-electron chi connectivity index (χ1n) is 23.3. The lowest BCUT2D eigenvalue weighted by Crippen LogP contribution is -2.39. The second kappa shape index (κ2) is 20.3. The summed E-state index contributed by atoms with van der Waals surface area (Å²) in [6.45, 7) is 8.78. The van der Waals surface area contributed by atoms with Crippen molar-refractivity contribution in [2.24, 2.45) is 4.99 Å². The van der Waals surface area contributed by atoms with Crippen LogP contribution in [0.3, 0.4) is 0 Å². The number of carbonyl (C=O) groups is 4. The molecule has 4 aliphatic heterocycles. The second-order valence-electron chi connectivity index (χ2n) is 18.6. The van der Waals surface area contributed by atoms with E-state index in [4.69, 9.17) is 23.9 Å². The summed E-state index contributed by atoms with van der Waals surface area (Å²) in [4.78, 5) is 61.8. The van der Waals surface area contributed by atoms with Crippen molar-refractivity contribution in [3.63, 3.8) is 0 Å². The molecule has 0 fully saturated rings. The number of para-hydroxylation sites is 2. The van der Waals surface area contributed by atoms with Crippen LogP contribution in [0.25, 0.3) is 0 Å². The molecular weight excluding hydrogens is 911 g/mol. The molecule has 3 amide bonds. The highest BCUT2D eigenvalue weighted by atomic mass is 33.1. The van der Waals surface area contributed by atoms with Crippen LogP contribution in [0.1, 0.15) is 96.3 Å². The number of ketones is 1. The third-order valence-electron chi connectivity index (χ3n) is 12.9. The lowest BCUT2D eigenvalue weighted by atomic mass is 10.1. The average molecular weight is 968 g/mol. The van der Waals surface area contributed by atoms with Gasteiger partial charge in [0.15, 0.2) is 23.0 Å². The van der Waals surface area contributed by atoms with E-state index in [1.54, 1.807) is 58.7 Å². The molecule has 0 spiro atoms. The summed E-state index contributed by atoms with van der Waals surface area (Å²) in [5, 5.41) is 6.94. The van der Waals surface area contributed by atoms with E-state index in [2.05, 4.69) is 37.5 Å². The maximum atomic E-state index is 14.1. The number of aliphatic imine (C=N–C) groups is 1. The van der Waals surface area contributed by atoms with Crippen LogP contribution in [0, 0.1) is 0 Å². The molecule has 0 aliphatic carbocycles.